The van der Waals surface area contributed by atoms with Crippen LogP contribution in [-0.4, -0.2) is 63.0 Å². The number of ether oxygens (including phenoxy) is 2. The summed E-state index contributed by atoms with van der Waals surface area (Å²) in [7, 11) is 0. The highest BCUT2D eigenvalue weighted by Gasteiger charge is 2.48. The maximum Gasteiger partial charge on any atom is 0.418 e. The highest BCUT2D eigenvalue weighted by molar-refractivity contribution is 8.14. The summed E-state index contributed by atoms with van der Waals surface area (Å²) in [5.74, 6) is 0.387. The average Bonchev–Trinajstić information content (AvgIpc) is 2.94. The van der Waals surface area contributed by atoms with Crippen LogP contribution in [0.5, 0.6) is 5.75 Å². The van der Waals surface area contributed by atoms with Gasteiger partial charge in [-0.1, -0.05) is 30.0 Å². The topological polar surface area (TPSA) is 121 Å². The van der Waals surface area contributed by atoms with Crippen LogP contribution in [0, 0.1) is 0 Å². The fraction of sp³-hybridized carbons (Fsp3) is 0.429. The Labute approximate surface area is 136 Å². The summed E-state index contributed by atoms with van der Waals surface area (Å²) >= 11 is 1.09. The van der Waals surface area contributed by atoms with Crippen LogP contribution in [0.3, 0.4) is 0 Å². The van der Waals surface area contributed by atoms with E-state index in [1.807, 2.05) is 0 Å². The summed E-state index contributed by atoms with van der Waals surface area (Å²) in [4.78, 5) is 16.0. The molecule has 1 amide bonds. The van der Waals surface area contributed by atoms with Crippen molar-refractivity contribution in [2.75, 3.05) is 6.61 Å². The van der Waals surface area contributed by atoms with Crippen LogP contribution in [-0.2, 0) is 4.74 Å². The second-order valence-corrected chi connectivity index (χ2v) is 6.16. The van der Waals surface area contributed by atoms with Crippen molar-refractivity contribution >= 4 is 23.0 Å². The zero-order valence-electron chi connectivity index (χ0n) is 11.9. The number of nitrogens with zero attached hydrogens (tertiary/aromatic N) is 1. The number of benzene rings is 1. The Hall–Kier alpha value is -1.65. The van der Waals surface area contributed by atoms with E-state index >= 15 is 0 Å². The van der Waals surface area contributed by atoms with E-state index in [4.69, 9.17) is 14.6 Å². The standard InChI is InChI=1S/C14H16N2O6S/c17-6-8-10(18)11(19)9-12(22-8)23-13(15-9)16-14(20)21-7-4-2-1-3-5-7/h1-5,8-12,17-19H,6H2,(H,15,16,20)/t8-,9-,10-,11-,12-/m1/s1. The molecular formula is C14H16N2O6S. The highest BCUT2D eigenvalue weighted by atomic mass is 32.2. The minimum atomic E-state index is -1.23. The lowest BCUT2D eigenvalue weighted by atomic mass is 9.99. The molecule has 1 aromatic rings. The Morgan fingerprint density at radius 3 is 2.74 bits per heavy atom. The van der Waals surface area contributed by atoms with Crippen LogP contribution in [0.2, 0.25) is 0 Å². The first-order chi connectivity index (χ1) is 11.1. The third-order valence-corrected chi connectivity index (χ3v) is 4.56. The fourth-order valence-corrected chi connectivity index (χ4v) is 3.45. The number of carbonyl (C=O) groups is 1. The smallest absolute Gasteiger partial charge is 0.410 e. The lowest BCUT2D eigenvalue weighted by Gasteiger charge is -2.37. The predicted octanol–water partition coefficient (Wildman–Crippen LogP) is -0.315. The van der Waals surface area contributed by atoms with Crippen molar-refractivity contribution in [2.24, 2.45) is 4.99 Å². The number of rotatable bonds is 2. The highest BCUT2D eigenvalue weighted by Crippen LogP contribution is 2.35. The molecule has 9 heteroatoms. The Bertz CT molecular complexity index is 598. The molecule has 0 radical (unpaired) electrons. The van der Waals surface area contributed by atoms with E-state index in [-0.39, 0.29) is 5.17 Å². The first kappa shape index (κ1) is 16.2. The molecule has 0 aromatic heterocycles. The number of hydrogen-bond acceptors (Lipinski definition) is 8. The third-order valence-electron chi connectivity index (χ3n) is 3.51. The quantitative estimate of drug-likeness (QED) is 0.582. The molecule has 0 unspecified atom stereocenters. The van der Waals surface area contributed by atoms with Crippen LogP contribution in [0.25, 0.3) is 0 Å². The van der Waals surface area contributed by atoms with E-state index < -0.39 is 42.5 Å². The molecule has 1 aromatic carbocycles. The molecule has 2 aliphatic rings. The summed E-state index contributed by atoms with van der Waals surface area (Å²) in [5, 5.41) is 31.7. The van der Waals surface area contributed by atoms with E-state index in [1.165, 1.54) is 0 Å². The number of fused-ring (bicyclic) bond motifs is 1. The average molecular weight is 340 g/mol. The molecule has 23 heavy (non-hydrogen) atoms. The maximum atomic E-state index is 11.8. The second kappa shape index (κ2) is 6.85. The van der Waals surface area contributed by atoms with Crippen LogP contribution in [0.4, 0.5) is 4.79 Å². The fourth-order valence-electron chi connectivity index (χ4n) is 2.35. The van der Waals surface area contributed by atoms with Crippen LogP contribution < -0.4 is 10.1 Å². The number of amides is 1. The summed E-state index contributed by atoms with van der Waals surface area (Å²) in [6, 6.07) is 7.83. The van der Waals surface area contributed by atoms with Gasteiger partial charge in [0.1, 0.15) is 35.5 Å². The maximum absolute atomic E-state index is 11.8. The lowest BCUT2D eigenvalue weighted by Crippen LogP contribution is -2.55. The number of nitrogens with one attached hydrogen (secondary N) is 1. The van der Waals surface area contributed by atoms with Gasteiger partial charge in [-0.15, -0.1) is 0 Å². The lowest BCUT2D eigenvalue weighted by molar-refractivity contribution is -0.164. The van der Waals surface area contributed by atoms with Gasteiger partial charge < -0.3 is 24.8 Å². The number of hydrogen-bond donors (Lipinski definition) is 4. The van der Waals surface area contributed by atoms with Crippen molar-refractivity contribution < 1.29 is 29.6 Å². The third kappa shape index (κ3) is 3.48. The summed E-state index contributed by atoms with van der Waals surface area (Å²) < 4.78 is 10.6. The van der Waals surface area contributed by atoms with Gasteiger partial charge in [0, 0.05) is 0 Å². The zero-order valence-corrected chi connectivity index (χ0v) is 12.7. The van der Waals surface area contributed by atoms with Gasteiger partial charge in [-0.25, -0.2) is 4.79 Å². The molecule has 0 aliphatic carbocycles. The second-order valence-electron chi connectivity index (χ2n) is 5.08. The minimum Gasteiger partial charge on any atom is -0.410 e. The van der Waals surface area contributed by atoms with Crippen molar-refractivity contribution in [1.29, 1.82) is 0 Å². The number of aliphatic hydroxyl groups excluding tert-OH is 3. The van der Waals surface area contributed by atoms with Crippen LogP contribution in [0.15, 0.2) is 35.3 Å². The SMILES string of the molecule is O=C(NC1=N[C@@H]2[C@@H](O)[C@H](O)[C@@H](CO)O[C@@H]2S1)Oc1ccccc1. The minimum absolute atomic E-state index is 0.228. The number of thioether (sulfide) groups is 1. The molecule has 124 valence electrons. The van der Waals surface area contributed by atoms with Gasteiger partial charge in [-0.05, 0) is 12.1 Å². The Morgan fingerprint density at radius 1 is 1.30 bits per heavy atom. The van der Waals surface area contributed by atoms with Crippen LogP contribution in [0.1, 0.15) is 0 Å². The molecule has 0 bridgehead atoms. The summed E-state index contributed by atoms with van der Waals surface area (Å²) in [5.41, 5.74) is -0.586. The first-order valence-electron chi connectivity index (χ1n) is 6.99. The van der Waals surface area contributed by atoms with Gasteiger partial charge in [0.15, 0.2) is 5.17 Å². The van der Waals surface area contributed by atoms with Crippen molar-refractivity contribution in [1.82, 2.24) is 5.32 Å². The normalized spacial score (nSPS) is 32.8. The number of aliphatic imine (C=N–C) groups is 1. The molecule has 2 heterocycles. The van der Waals surface area contributed by atoms with Gasteiger partial charge in [0.05, 0.1) is 6.61 Å². The Morgan fingerprint density at radius 2 is 2.04 bits per heavy atom. The number of carbonyl (C=O) groups excluding carboxylic acids is 1. The Balaban J connectivity index is 1.61. The van der Waals surface area contributed by atoms with Gasteiger partial charge in [-0.3, -0.25) is 10.3 Å². The zero-order chi connectivity index (χ0) is 16.4. The van der Waals surface area contributed by atoms with Gasteiger partial charge in [0.2, 0.25) is 0 Å². The van der Waals surface area contributed by atoms with Crippen molar-refractivity contribution in [3.05, 3.63) is 30.3 Å². The first-order valence-corrected chi connectivity index (χ1v) is 7.87. The molecule has 0 saturated carbocycles. The van der Waals surface area contributed by atoms with Gasteiger partial charge in [0.25, 0.3) is 0 Å². The van der Waals surface area contributed by atoms with E-state index in [9.17, 15) is 15.0 Å². The molecule has 4 N–H and O–H groups in total. The largest absolute Gasteiger partial charge is 0.418 e. The molecule has 8 nitrogen and oxygen atoms in total. The molecule has 5 atom stereocenters. The molecule has 2 aliphatic heterocycles. The molecule has 3 rings (SSSR count). The molecule has 1 saturated heterocycles. The van der Waals surface area contributed by atoms with Crippen molar-refractivity contribution in [2.45, 2.75) is 29.8 Å². The number of aliphatic hydroxyl groups is 3. The molecular weight excluding hydrogens is 324 g/mol. The van der Waals surface area contributed by atoms with E-state index in [0.29, 0.717) is 5.75 Å². The molecule has 0 spiro atoms. The summed E-state index contributed by atoms with van der Waals surface area (Å²) in [6.07, 6.45) is -4.01. The Kier molecular flexibility index (Phi) is 4.83. The van der Waals surface area contributed by atoms with E-state index in [2.05, 4.69) is 10.3 Å². The number of amidine groups is 1. The predicted molar refractivity (Wildman–Crippen MR) is 82.2 cm³/mol. The van der Waals surface area contributed by atoms with Gasteiger partial charge in [-0.2, -0.15) is 0 Å². The summed E-state index contributed by atoms with van der Waals surface area (Å²) in [6.45, 7) is -0.416. The van der Waals surface area contributed by atoms with Crippen LogP contribution >= 0.6 is 11.8 Å². The van der Waals surface area contributed by atoms with Crippen molar-refractivity contribution in [3.8, 4) is 5.75 Å². The monoisotopic (exact) mass is 340 g/mol. The molecule has 1 fully saturated rings. The van der Waals surface area contributed by atoms with Gasteiger partial charge >= 0.3 is 6.09 Å². The number of para-hydroxylation sites is 1. The van der Waals surface area contributed by atoms with E-state index in [0.717, 1.165) is 11.8 Å². The van der Waals surface area contributed by atoms with E-state index in [1.54, 1.807) is 30.3 Å². The van der Waals surface area contributed by atoms with Crippen molar-refractivity contribution in [3.63, 3.8) is 0 Å².